The van der Waals surface area contributed by atoms with Crippen molar-refractivity contribution < 1.29 is 9.59 Å². The van der Waals surface area contributed by atoms with E-state index in [0.717, 1.165) is 11.3 Å². The third kappa shape index (κ3) is 2.88. The summed E-state index contributed by atoms with van der Waals surface area (Å²) < 4.78 is 0. The van der Waals surface area contributed by atoms with Crippen molar-refractivity contribution in [2.45, 2.75) is 18.8 Å². The van der Waals surface area contributed by atoms with E-state index < -0.39 is 5.92 Å². The topological polar surface area (TPSA) is 50.3 Å². The smallest absolute Gasteiger partial charge is 0.237 e. The fourth-order valence-corrected chi connectivity index (χ4v) is 2.96. The number of carbonyl (C=O) groups excluding carboxylic acids is 2. The first-order valence-electron chi connectivity index (χ1n) is 7.15. The summed E-state index contributed by atoms with van der Waals surface area (Å²) in [6, 6.07) is 12.8. The van der Waals surface area contributed by atoms with Crippen molar-refractivity contribution in [3.05, 3.63) is 64.9 Å². The second-order valence-electron chi connectivity index (χ2n) is 5.23. The number of hydrogen-bond donors (Lipinski definition) is 0. The molecule has 0 aliphatic carbocycles. The van der Waals surface area contributed by atoms with Gasteiger partial charge in [0, 0.05) is 36.3 Å². The molecule has 0 unspecified atom stereocenters. The lowest BCUT2D eigenvalue weighted by Crippen LogP contribution is -2.32. The van der Waals surface area contributed by atoms with Crippen LogP contribution in [-0.4, -0.2) is 28.2 Å². The first kappa shape index (κ1) is 14.7. The molecule has 0 N–H and O–H groups in total. The molecule has 1 aliphatic heterocycles. The molecule has 1 aromatic heterocycles. The van der Waals surface area contributed by atoms with Crippen molar-refractivity contribution in [3.63, 3.8) is 0 Å². The summed E-state index contributed by atoms with van der Waals surface area (Å²) in [5, 5.41) is 0.528. The summed E-state index contributed by atoms with van der Waals surface area (Å²) in [7, 11) is 0. The second-order valence-corrected chi connectivity index (χ2v) is 5.64. The summed E-state index contributed by atoms with van der Waals surface area (Å²) >= 11 is 6.15. The van der Waals surface area contributed by atoms with Crippen LogP contribution in [0, 0.1) is 0 Å². The number of hydrogen-bond acceptors (Lipinski definition) is 3. The number of likely N-dealkylation sites (tertiary alicyclic amines) is 1. The van der Waals surface area contributed by atoms with Gasteiger partial charge in [-0.2, -0.15) is 0 Å². The number of aromatic nitrogens is 1. The van der Waals surface area contributed by atoms with Crippen LogP contribution in [0.5, 0.6) is 0 Å². The molecule has 0 bridgehead atoms. The molecule has 2 aromatic rings. The van der Waals surface area contributed by atoms with Crippen molar-refractivity contribution >= 4 is 23.4 Å². The number of carbonyl (C=O) groups is 2. The minimum Gasteiger partial charge on any atom is -0.282 e. The highest BCUT2D eigenvalue weighted by molar-refractivity contribution is 6.31. The molecule has 1 saturated heterocycles. The summed E-state index contributed by atoms with van der Waals surface area (Å²) in [5.74, 6) is -0.787. The zero-order valence-corrected chi connectivity index (χ0v) is 12.7. The molecule has 4 nitrogen and oxygen atoms in total. The van der Waals surface area contributed by atoms with Crippen LogP contribution in [0.2, 0.25) is 5.02 Å². The Kier molecular flexibility index (Phi) is 4.20. The summed E-state index contributed by atoms with van der Waals surface area (Å²) in [6.07, 6.45) is 2.45. The Morgan fingerprint density at radius 2 is 1.91 bits per heavy atom. The molecule has 1 aromatic carbocycles. The van der Waals surface area contributed by atoms with E-state index in [0.29, 0.717) is 18.0 Å². The average Bonchev–Trinajstić information content (AvgIpc) is 2.81. The van der Waals surface area contributed by atoms with Gasteiger partial charge in [-0.15, -0.1) is 0 Å². The van der Waals surface area contributed by atoms with E-state index in [1.54, 1.807) is 18.3 Å². The average molecular weight is 315 g/mol. The first-order valence-corrected chi connectivity index (χ1v) is 7.53. The van der Waals surface area contributed by atoms with Crippen LogP contribution >= 0.6 is 11.6 Å². The van der Waals surface area contributed by atoms with Crippen LogP contribution < -0.4 is 0 Å². The monoisotopic (exact) mass is 314 g/mol. The molecule has 1 fully saturated rings. The third-order valence-electron chi connectivity index (χ3n) is 3.84. The SMILES string of the molecule is O=C1C[C@@H](c2ccccc2Cl)C(=O)N1CCc1ccccn1. The standard InChI is InChI=1S/C17H15ClN2O2/c18-15-7-2-1-6-13(15)14-11-16(21)20(17(14)22)10-8-12-5-3-4-9-19-12/h1-7,9,14H,8,10-11H2/t14-/m0/s1. The van der Waals surface area contributed by atoms with E-state index in [2.05, 4.69) is 4.98 Å². The Morgan fingerprint density at radius 1 is 1.14 bits per heavy atom. The highest BCUT2D eigenvalue weighted by Gasteiger charge is 2.39. The lowest BCUT2D eigenvalue weighted by Gasteiger charge is -2.15. The number of rotatable bonds is 4. The predicted octanol–water partition coefficient (Wildman–Crippen LogP) is 2.82. The minimum absolute atomic E-state index is 0.147. The molecule has 1 aliphatic rings. The highest BCUT2D eigenvalue weighted by Crippen LogP contribution is 2.33. The van der Waals surface area contributed by atoms with Crippen LogP contribution in [-0.2, 0) is 16.0 Å². The van der Waals surface area contributed by atoms with Crippen molar-refractivity contribution in [1.29, 1.82) is 0 Å². The van der Waals surface area contributed by atoms with Gasteiger partial charge in [0.15, 0.2) is 0 Å². The lowest BCUT2D eigenvalue weighted by molar-refractivity contribution is -0.138. The Labute approximate surface area is 133 Å². The van der Waals surface area contributed by atoms with Gasteiger partial charge in [0.2, 0.25) is 11.8 Å². The number of nitrogens with zero attached hydrogens (tertiary/aromatic N) is 2. The van der Waals surface area contributed by atoms with E-state index >= 15 is 0 Å². The second kappa shape index (κ2) is 6.28. The molecular weight excluding hydrogens is 300 g/mol. The number of halogens is 1. The fraction of sp³-hybridized carbons (Fsp3) is 0.235. The zero-order chi connectivity index (χ0) is 15.5. The predicted molar refractivity (Wildman–Crippen MR) is 83.5 cm³/mol. The Bertz CT molecular complexity index is 703. The van der Waals surface area contributed by atoms with E-state index in [1.807, 2.05) is 30.3 Å². The van der Waals surface area contributed by atoms with Gasteiger partial charge >= 0.3 is 0 Å². The number of imide groups is 1. The van der Waals surface area contributed by atoms with Crippen LogP contribution in [0.15, 0.2) is 48.7 Å². The van der Waals surface area contributed by atoms with Crippen LogP contribution in [0.4, 0.5) is 0 Å². The molecule has 5 heteroatoms. The molecular formula is C17H15ClN2O2. The van der Waals surface area contributed by atoms with E-state index in [1.165, 1.54) is 4.90 Å². The maximum Gasteiger partial charge on any atom is 0.237 e. The van der Waals surface area contributed by atoms with Crippen LogP contribution in [0.25, 0.3) is 0 Å². The fourth-order valence-electron chi connectivity index (χ4n) is 2.69. The van der Waals surface area contributed by atoms with Gasteiger partial charge in [0.1, 0.15) is 0 Å². The Balaban J connectivity index is 1.73. The van der Waals surface area contributed by atoms with Crippen LogP contribution in [0.1, 0.15) is 23.6 Å². The van der Waals surface area contributed by atoms with Gasteiger partial charge in [0.25, 0.3) is 0 Å². The van der Waals surface area contributed by atoms with Crippen molar-refractivity contribution in [1.82, 2.24) is 9.88 Å². The van der Waals surface area contributed by atoms with Gasteiger partial charge < -0.3 is 0 Å². The molecule has 3 rings (SSSR count). The summed E-state index contributed by atoms with van der Waals surface area (Å²) in [6.45, 7) is 0.357. The first-order chi connectivity index (χ1) is 10.7. The van der Waals surface area contributed by atoms with Gasteiger partial charge in [-0.25, -0.2) is 0 Å². The number of pyridine rings is 1. The maximum absolute atomic E-state index is 12.5. The highest BCUT2D eigenvalue weighted by atomic mass is 35.5. The Hall–Kier alpha value is -2.20. The van der Waals surface area contributed by atoms with Gasteiger partial charge in [0.05, 0.1) is 5.92 Å². The van der Waals surface area contributed by atoms with Gasteiger partial charge in [-0.1, -0.05) is 35.9 Å². The zero-order valence-electron chi connectivity index (χ0n) is 11.9. The molecule has 22 heavy (non-hydrogen) atoms. The maximum atomic E-state index is 12.5. The molecule has 2 amide bonds. The van der Waals surface area contributed by atoms with Crippen LogP contribution in [0.3, 0.4) is 0 Å². The van der Waals surface area contributed by atoms with E-state index in [9.17, 15) is 9.59 Å². The summed E-state index contributed by atoms with van der Waals surface area (Å²) in [5.41, 5.74) is 1.59. The number of benzene rings is 1. The molecule has 2 heterocycles. The van der Waals surface area contributed by atoms with Crippen molar-refractivity contribution in [2.75, 3.05) is 6.54 Å². The van der Waals surface area contributed by atoms with Crippen molar-refractivity contribution in [3.8, 4) is 0 Å². The minimum atomic E-state index is -0.468. The molecule has 0 radical (unpaired) electrons. The normalized spacial score (nSPS) is 18.0. The largest absolute Gasteiger partial charge is 0.282 e. The van der Waals surface area contributed by atoms with E-state index in [4.69, 9.17) is 11.6 Å². The van der Waals surface area contributed by atoms with E-state index in [-0.39, 0.29) is 18.2 Å². The molecule has 112 valence electrons. The molecule has 0 spiro atoms. The lowest BCUT2D eigenvalue weighted by atomic mass is 9.97. The van der Waals surface area contributed by atoms with Crippen molar-refractivity contribution in [2.24, 2.45) is 0 Å². The molecule has 1 atom stereocenters. The third-order valence-corrected chi connectivity index (χ3v) is 4.19. The molecule has 0 saturated carbocycles. The van der Waals surface area contributed by atoms with Gasteiger partial charge in [-0.05, 0) is 23.8 Å². The Morgan fingerprint density at radius 3 is 2.64 bits per heavy atom. The summed E-state index contributed by atoms with van der Waals surface area (Å²) in [4.78, 5) is 30.2. The number of amides is 2. The quantitative estimate of drug-likeness (QED) is 0.815. The van der Waals surface area contributed by atoms with Gasteiger partial charge in [-0.3, -0.25) is 19.5 Å².